The lowest BCUT2D eigenvalue weighted by molar-refractivity contribution is -0.139. The molecule has 140 valence electrons. The monoisotopic (exact) mass is 364 g/mol. The first-order valence-corrected chi connectivity index (χ1v) is 9.11. The zero-order valence-electron chi connectivity index (χ0n) is 15.6. The molecule has 0 bridgehead atoms. The third-order valence-electron chi connectivity index (χ3n) is 4.33. The third-order valence-corrected chi connectivity index (χ3v) is 4.33. The Morgan fingerprint density at radius 2 is 1.52 bits per heavy atom. The van der Waals surface area contributed by atoms with Crippen molar-refractivity contribution in [3.63, 3.8) is 0 Å². The van der Waals surface area contributed by atoms with E-state index in [1.54, 1.807) is 35.2 Å². The summed E-state index contributed by atoms with van der Waals surface area (Å²) in [6.45, 7) is 4.88. The number of rotatable bonds is 4. The summed E-state index contributed by atoms with van der Waals surface area (Å²) in [7, 11) is 0. The Balaban J connectivity index is 1.87. The largest absolute Gasteiger partial charge is 0.372 e. The Hall–Kier alpha value is -2.92. The maximum Gasteiger partial charge on any atom is 0.270 e. The van der Waals surface area contributed by atoms with Crippen LogP contribution in [0.4, 0.5) is 0 Å². The molecule has 5 heteroatoms. The fourth-order valence-corrected chi connectivity index (χ4v) is 3.17. The van der Waals surface area contributed by atoms with E-state index in [2.05, 4.69) is 5.32 Å². The quantitative estimate of drug-likeness (QED) is 0.848. The number of nitrogens with zero attached hydrogens (tertiary/aromatic N) is 1. The Morgan fingerprint density at radius 3 is 2.11 bits per heavy atom. The van der Waals surface area contributed by atoms with Gasteiger partial charge in [0, 0.05) is 18.7 Å². The molecule has 0 aliphatic carbocycles. The number of morpholine rings is 1. The molecule has 2 atom stereocenters. The van der Waals surface area contributed by atoms with Crippen LogP contribution in [0.1, 0.15) is 29.8 Å². The van der Waals surface area contributed by atoms with Gasteiger partial charge in [0.15, 0.2) is 0 Å². The van der Waals surface area contributed by atoms with Gasteiger partial charge in [-0.15, -0.1) is 0 Å². The first-order chi connectivity index (χ1) is 13.0. The molecule has 3 rings (SSSR count). The highest BCUT2D eigenvalue weighted by molar-refractivity contribution is 6.05. The van der Waals surface area contributed by atoms with Gasteiger partial charge in [-0.05, 0) is 37.6 Å². The third kappa shape index (κ3) is 5.05. The number of hydrogen-bond acceptors (Lipinski definition) is 3. The minimum Gasteiger partial charge on any atom is -0.372 e. The summed E-state index contributed by atoms with van der Waals surface area (Å²) in [5, 5.41) is 2.80. The summed E-state index contributed by atoms with van der Waals surface area (Å²) in [6.07, 6.45) is 1.63. The standard InChI is InChI=1S/C22H24N2O3/c1-16-14-24(15-17(2)27-16)22(26)20(13-18-9-5-3-6-10-18)23-21(25)19-11-7-4-8-12-19/h3-13,16-17H,14-15H2,1-2H3,(H,23,25)/b20-13-/t16-,17+. The van der Waals surface area contributed by atoms with Gasteiger partial charge in [0.25, 0.3) is 11.8 Å². The van der Waals surface area contributed by atoms with Crippen LogP contribution >= 0.6 is 0 Å². The Morgan fingerprint density at radius 1 is 0.963 bits per heavy atom. The predicted molar refractivity (Wildman–Crippen MR) is 105 cm³/mol. The number of hydrogen-bond donors (Lipinski definition) is 1. The summed E-state index contributed by atoms with van der Waals surface area (Å²) >= 11 is 0. The van der Waals surface area contributed by atoms with Gasteiger partial charge in [0.2, 0.25) is 0 Å². The Kier molecular flexibility index (Phi) is 6.04. The molecule has 1 fully saturated rings. The van der Waals surface area contributed by atoms with E-state index in [1.165, 1.54) is 0 Å². The van der Waals surface area contributed by atoms with Crippen LogP contribution in [0.25, 0.3) is 6.08 Å². The number of carbonyl (C=O) groups excluding carboxylic acids is 2. The van der Waals surface area contributed by atoms with Crippen molar-refractivity contribution in [2.75, 3.05) is 13.1 Å². The second kappa shape index (κ2) is 8.64. The van der Waals surface area contributed by atoms with Gasteiger partial charge in [-0.2, -0.15) is 0 Å². The van der Waals surface area contributed by atoms with E-state index in [0.29, 0.717) is 18.7 Å². The molecule has 0 saturated carbocycles. The number of amides is 2. The lowest BCUT2D eigenvalue weighted by atomic mass is 10.1. The van der Waals surface area contributed by atoms with E-state index in [-0.39, 0.29) is 29.7 Å². The van der Waals surface area contributed by atoms with Crippen LogP contribution in [0.5, 0.6) is 0 Å². The molecule has 5 nitrogen and oxygen atoms in total. The van der Waals surface area contributed by atoms with Crippen molar-refractivity contribution in [3.8, 4) is 0 Å². The van der Waals surface area contributed by atoms with Gasteiger partial charge in [-0.1, -0.05) is 48.5 Å². The van der Waals surface area contributed by atoms with Crippen LogP contribution in [0.3, 0.4) is 0 Å². The van der Waals surface area contributed by atoms with Crippen LogP contribution in [-0.4, -0.2) is 42.0 Å². The molecule has 27 heavy (non-hydrogen) atoms. The second-order valence-electron chi connectivity index (χ2n) is 6.76. The van der Waals surface area contributed by atoms with Crippen molar-refractivity contribution in [3.05, 3.63) is 77.5 Å². The first kappa shape index (κ1) is 18.9. The molecule has 1 heterocycles. The van der Waals surface area contributed by atoms with E-state index in [9.17, 15) is 9.59 Å². The van der Waals surface area contributed by atoms with Crippen molar-refractivity contribution in [2.24, 2.45) is 0 Å². The molecule has 2 aromatic rings. The summed E-state index contributed by atoms with van der Waals surface area (Å²) in [5.74, 6) is -0.509. The molecule has 2 aromatic carbocycles. The zero-order chi connectivity index (χ0) is 19.2. The molecule has 0 aromatic heterocycles. The van der Waals surface area contributed by atoms with E-state index >= 15 is 0 Å². The molecular formula is C22H24N2O3. The molecular weight excluding hydrogens is 340 g/mol. The number of ether oxygens (including phenoxy) is 1. The molecule has 2 amide bonds. The van der Waals surface area contributed by atoms with Gasteiger partial charge in [-0.3, -0.25) is 9.59 Å². The van der Waals surface area contributed by atoms with E-state index in [0.717, 1.165) is 5.56 Å². The van der Waals surface area contributed by atoms with Crippen LogP contribution in [-0.2, 0) is 9.53 Å². The minimum absolute atomic E-state index is 0.0412. The predicted octanol–water partition coefficient (Wildman–Crippen LogP) is 3.09. The molecule has 1 aliphatic heterocycles. The van der Waals surface area contributed by atoms with E-state index in [1.807, 2.05) is 50.2 Å². The number of carbonyl (C=O) groups is 2. The fraction of sp³-hybridized carbons (Fsp3) is 0.273. The smallest absolute Gasteiger partial charge is 0.270 e. The van der Waals surface area contributed by atoms with Gasteiger partial charge in [0.05, 0.1) is 12.2 Å². The van der Waals surface area contributed by atoms with Crippen molar-refractivity contribution >= 4 is 17.9 Å². The molecule has 0 spiro atoms. The number of benzene rings is 2. The molecule has 0 radical (unpaired) electrons. The summed E-state index contributed by atoms with van der Waals surface area (Å²) in [4.78, 5) is 27.5. The van der Waals surface area contributed by atoms with Gasteiger partial charge in [0.1, 0.15) is 5.70 Å². The van der Waals surface area contributed by atoms with Crippen molar-refractivity contribution in [1.29, 1.82) is 0 Å². The van der Waals surface area contributed by atoms with Crippen LogP contribution in [0, 0.1) is 0 Å². The molecule has 1 saturated heterocycles. The van der Waals surface area contributed by atoms with Gasteiger partial charge in [-0.25, -0.2) is 0 Å². The molecule has 1 aliphatic rings. The lowest BCUT2D eigenvalue weighted by Gasteiger charge is -2.35. The maximum atomic E-state index is 13.1. The fourth-order valence-electron chi connectivity index (χ4n) is 3.17. The second-order valence-corrected chi connectivity index (χ2v) is 6.76. The lowest BCUT2D eigenvalue weighted by Crippen LogP contribution is -2.50. The van der Waals surface area contributed by atoms with Gasteiger partial charge >= 0.3 is 0 Å². The number of nitrogens with one attached hydrogen (secondary N) is 1. The topological polar surface area (TPSA) is 58.6 Å². The Bertz CT molecular complexity index is 808. The Labute approximate surface area is 159 Å². The average Bonchev–Trinajstić information content (AvgIpc) is 2.67. The average molecular weight is 364 g/mol. The normalized spacial score (nSPS) is 20.2. The first-order valence-electron chi connectivity index (χ1n) is 9.11. The highest BCUT2D eigenvalue weighted by atomic mass is 16.5. The SMILES string of the molecule is C[C@@H]1CN(C(=O)/C(=C/c2ccccc2)NC(=O)c2ccccc2)C[C@H](C)O1. The van der Waals surface area contributed by atoms with Crippen molar-refractivity contribution in [1.82, 2.24) is 10.2 Å². The van der Waals surface area contributed by atoms with Crippen LogP contribution in [0.15, 0.2) is 66.4 Å². The van der Waals surface area contributed by atoms with Crippen LogP contribution < -0.4 is 5.32 Å². The molecule has 0 unspecified atom stereocenters. The highest BCUT2D eigenvalue weighted by Crippen LogP contribution is 2.15. The van der Waals surface area contributed by atoms with E-state index < -0.39 is 0 Å². The van der Waals surface area contributed by atoms with Crippen molar-refractivity contribution in [2.45, 2.75) is 26.1 Å². The van der Waals surface area contributed by atoms with Gasteiger partial charge < -0.3 is 15.0 Å². The van der Waals surface area contributed by atoms with Crippen LogP contribution in [0.2, 0.25) is 0 Å². The summed E-state index contributed by atoms with van der Waals surface area (Å²) in [6, 6.07) is 18.4. The summed E-state index contributed by atoms with van der Waals surface area (Å²) < 4.78 is 5.71. The minimum atomic E-state index is -0.305. The molecule has 1 N–H and O–H groups in total. The summed E-state index contributed by atoms with van der Waals surface area (Å²) in [5.41, 5.74) is 1.62. The van der Waals surface area contributed by atoms with Crippen molar-refractivity contribution < 1.29 is 14.3 Å². The zero-order valence-corrected chi connectivity index (χ0v) is 15.6. The maximum absolute atomic E-state index is 13.1. The van der Waals surface area contributed by atoms with E-state index in [4.69, 9.17) is 4.74 Å². The highest BCUT2D eigenvalue weighted by Gasteiger charge is 2.28.